The zero-order valence-electron chi connectivity index (χ0n) is 18.2. The number of pyridine rings is 1. The number of carbonyl (C=O) groups excluding carboxylic acids is 1. The number of imidazole rings is 1. The predicted molar refractivity (Wildman–Crippen MR) is 123 cm³/mol. The highest BCUT2D eigenvalue weighted by Gasteiger charge is 2.27. The van der Waals surface area contributed by atoms with Crippen LogP contribution in [0.1, 0.15) is 0 Å². The van der Waals surface area contributed by atoms with Gasteiger partial charge in [-0.3, -0.25) is 9.20 Å². The molecule has 0 saturated carbocycles. The number of nitrogens with one attached hydrogen (secondary N) is 3. The highest BCUT2D eigenvalue weighted by molar-refractivity contribution is 5.90. The van der Waals surface area contributed by atoms with Crippen molar-refractivity contribution < 1.29 is 27.9 Å². The molecule has 0 aliphatic heterocycles. The summed E-state index contributed by atoms with van der Waals surface area (Å²) in [5.74, 6) is 0.665. The number of hydrogen-bond donors (Lipinski definition) is 4. The molecule has 0 aliphatic rings. The summed E-state index contributed by atoms with van der Waals surface area (Å²) in [5, 5.41) is 22.3. The molecule has 1 aromatic carbocycles. The van der Waals surface area contributed by atoms with E-state index in [1.54, 1.807) is 36.8 Å². The molecule has 35 heavy (non-hydrogen) atoms. The maximum Gasteiger partial charge on any atom is 0.405 e. The summed E-state index contributed by atoms with van der Waals surface area (Å²) in [4.78, 5) is 24.5. The van der Waals surface area contributed by atoms with Crippen LogP contribution in [-0.2, 0) is 4.79 Å². The average Bonchev–Trinajstić information content (AvgIpc) is 3.26. The second kappa shape index (κ2) is 11.0. The number of alkyl halides is 3. The molecule has 0 saturated heterocycles. The standard InChI is InChI=1S/C21H18F3N7O.CH2O2/c1-25-18-6-5-16(29-30-18)13-7-8-31-17(11-26-19(31)10-13)14-3-2-4-15(9-14)28-20(32)27-12-21(22,23)24;2-1-3/h2-11H,12H2,1H3,(H,25,30)(H2,27,28,32);1H,(H,2,3). The fourth-order valence-corrected chi connectivity index (χ4v) is 3.09. The van der Waals surface area contributed by atoms with Crippen molar-refractivity contribution in [2.45, 2.75) is 6.18 Å². The van der Waals surface area contributed by atoms with Crippen molar-refractivity contribution in [2.24, 2.45) is 0 Å². The first-order valence-electron chi connectivity index (χ1n) is 10.0. The number of urea groups is 1. The Kier molecular flexibility index (Phi) is 7.81. The molecule has 4 aromatic rings. The summed E-state index contributed by atoms with van der Waals surface area (Å²) in [5.41, 5.74) is 4.07. The third-order valence-corrected chi connectivity index (χ3v) is 4.60. The molecule has 182 valence electrons. The number of amides is 2. The third kappa shape index (κ3) is 6.66. The van der Waals surface area contributed by atoms with E-state index in [-0.39, 0.29) is 6.47 Å². The van der Waals surface area contributed by atoms with E-state index in [1.807, 2.05) is 40.9 Å². The number of halogens is 3. The van der Waals surface area contributed by atoms with E-state index in [0.717, 1.165) is 16.8 Å². The second-order valence-corrected chi connectivity index (χ2v) is 6.95. The fraction of sp³-hybridized carbons (Fsp3) is 0.136. The minimum Gasteiger partial charge on any atom is -0.483 e. The number of carboxylic acid groups (broad SMARTS) is 1. The molecule has 0 radical (unpaired) electrons. The van der Waals surface area contributed by atoms with Crippen LogP contribution in [0.5, 0.6) is 0 Å². The Bertz CT molecular complexity index is 1310. The van der Waals surface area contributed by atoms with Crippen molar-refractivity contribution in [3.05, 3.63) is 60.9 Å². The summed E-state index contributed by atoms with van der Waals surface area (Å²) >= 11 is 0. The van der Waals surface area contributed by atoms with Gasteiger partial charge in [-0.1, -0.05) is 12.1 Å². The summed E-state index contributed by atoms with van der Waals surface area (Å²) in [6.07, 6.45) is -0.955. The molecule has 3 aromatic heterocycles. The Balaban J connectivity index is 0.00000108. The monoisotopic (exact) mass is 487 g/mol. The minimum atomic E-state index is -4.48. The molecule has 3 heterocycles. The quantitative estimate of drug-likeness (QED) is 0.314. The fourth-order valence-electron chi connectivity index (χ4n) is 3.09. The number of rotatable bonds is 5. The average molecular weight is 487 g/mol. The van der Waals surface area contributed by atoms with Gasteiger partial charge in [0.25, 0.3) is 6.47 Å². The van der Waals surface area contributed by atoms with Gasteiger partial charge in [-0.05, 0) is 36.4 Å². The number of anilines is 2. The van der Waals surface area contributed by atoms with Gasteiger partial charge in [-0.2, -0.15) is 13.2 Å². The third-order valence-electron chi connectivity index (χ3n) is 4.60. The Labute approximate surface area is 196 Å². The van der Waals surface area contributed by atoms with Crippen LogP contribution in [0.25, 0.3) is 28.2 Å². The van der Waals surface area contributed by atoms with Crippen molar-refractivity contribution in [1.82, 2.24) is 24.9 Å². The lowest BCUT2D eigenvalue weighted by molar-refractivity contribution is -0.123. The van der Waals surface area contributed by atoms with E-state index in [2.05, 4.69) is 25.8 Å². The van der Waals surface area contributed by atoms with E-state index in [1.165, 1.54) is 0 Å². The van der Waals surface area contributed by atoms with Crippen LogP contribution in [0.15, 0.2) is 60.9 Å². The Morgan fingerprint density at radius 2 is 1.89 bits per heavy atom. The summed E-state index contributed by atoms with van der Waals surface area (Å²) in [7, 11) is 1.77. The van der Waals surface area contributed by atoms with Gasteiger partial charge in [0.1, 0.15) is 18.0 Å². The van der Waals surface area contributed by atoms with Crippen LogP contribution in [0, 0.1) is 0 Å². The normalized spacial score (nSPS) is 10.7. The summed E-state index contributed by atoms with van der Waals surface area (Å²) < 4.78 is 38.6. The van der Waals surface area contributed by atoms with Crippen molar-refractivity contribution in [3.8, 4) is 22.5 Å². The van der Waals surface area contributed by atoms with Gasteiger partial charge in [0, 0.05) is 30.1 Å². The van der Waals surface area contributed by atoms with Gasteiger partial charge in [-0.15, -0.1) is 10.2 Å². The number of benzene rings is 1. The van der Waals surface area contributed by atoms with Crippen LogP contribution in [-0.4, -0.2) is 57.0 Å². The Hall–Kier alpha value is -4.68. The predicted octanol–water partition coefficient (Wildman–Crippen LogP) is 3.88. The zero-order valence-corrected chi connectivity index (χ0v) is 18.2. The summed E-state index contributed by atoms with van der Waals surface area (Å²) in [6.45, 7) is -1.66. The van der Waals surface area contributed by atoms with Crippen molar-refractivity contribution >= 4 is 29.7 Å². The lowest BCUT2D eigenvalue weighted by Gasteiger charge is -2.11. The first kappa shape index (κ1) is 25.0. The molecular weight excluding hydrogens is 467 g/mol. The van der Waals surface area contributed by atoms with Crippen LogP contribution in [0.4, 0.5) is 29.5 Å². The molecule has 0 bridgehead atoms. The van der Waals surface area contributed by atoms with E-state index >= 15 is 0 Å². The van der Waals surface area contributed by atoms with Crippen LogP contribution in [0.2, 0.25) is 0 Å². The van der Waals surface area contributed by atoms with Crippen molar-refractivity contribution in [3.63, 3.8) is 0 Å². The molecule has 10 nitrogen and oxygen atoms in total. The van der Waals surface area contributed by atoms with E-state index < -0.39 is 18.8 Å². The molecular formula is C22H20F3N7O3. The lowest BCUT2D eigenvalue weighted by atomic mass is 10.1. The number of fused-ring (bicyclic) bond motifs is 1. The van der Waals surface area contributed by atoms with Crippen LogP contribution >= 0.6 is 0 Å². The van der Waals surface area contributed by atoms with Crippen molar-refractivity contribution in [1.29, 1.82) is 0 Å². The molecule has 0 aliphatic carbocycles. The maximum absolute atomic E-state index is 12.3. The molecule has 4 rings (SSSR count). The smallest absolute Gasteiger partial charge is 0.405 e. The first-order chi connectivity index (χ1) is 16.7. The number of aromatic nitrogens is 4. The van der Waals surface area contributed by atoms with Gasteiger partial charge in [0.2, 0.25) is 0 Å². The molecule has 0 atom stereocenters. The SMILES string of the molecule is CNc1ccc(-c2ccn3c(-c4cccc(NC(=O)NCC(F)(F)F)c4)cnc3c2)nn1.O=CO. The van der Waals surface area contributed by atoms with Crippen LogP contribution < -0.4 is 16.0 Å². The topological polar surface area (TPSA) is 134 Å². The minimum absolute atomic E-state index is 0.250. The van der Waals surface area contributed by atoms with E-state index in [9.17, 15) is 18.0 Å². The summed E-state index contributed by atoms with van der Waals surface area (Å²) in [6, 6.07) is 13.3. The second-order valence-electron chi connectivity index (χ2n) is 6.95. The molecule has 4 N–H and O–H groups in total. The largest absolute Gasteiger partial charge is 0.483 e. The molecule has 0 unspecified atom stereocenters. The zero-order chi connectivity index (χ0) is 25.4. The van der Waals surface area contributed by atoms with E-state index in [0.29, 0.717) is 22.8 Å². The number of nitrogens with zero attached hydrogens (tertiary/aromatic N) is 4. The Morgan fingerprint density at radius 3 is 2.54 bits per heavy atom. The highest BCUT2D eigenvalue weighted by Crippen LogP contribution is 2.26. The van der Waals surface area contributed by atoms with Gasteiger partial charge < -0.3 is 21.1 Å². The van der Waals surface area contributed by atoms with Gasteiger partial charge in [-0.25, -0.2) is 9.78 Å². The number of carbonyl (C=O) groups is 2. The van der Waals surface area contributed by atoms with Gasteiger partial charge in [0.05, 0.1) is 17.6 Å². The maximum atomic E-state index is 12.3. The highest BCUT2D eigenvalue weighted by atomic mass is 19.4. The molecule has 0 fully saturated rings. The van der Waals surface area contributed by atoms with Crippen molar-refractivity contribution in [2.75, 3.05) is 24.2 Å². The molecule has 13 heteroatoms. The number of hydrogen-bond acceptors (Lipinski definition) is 6. The van der Waals surface area contributed by atoms with Crippen LogP contribution in [0.3, 0.4) is 0 Å². The lowest BCUT2D eigenvalue weighted by Crippen LogP contribution is -2.36. The molecule has 0 spiro atoms. The Morgan fingerprint density at radius 1 is 1.11 bits per heavy atom. The first-order valence-corrected chi connectivity index (χ1v) is 10.0. The molecule has 2 amide bonds. The van der Waals surface area contributed by atoms with E-state index in [4.69, 9.17) is 9.90 Å². The van der Waals surface area contributed by atoms with Gasteiger partial charge >= 0.3 is 12.2 Å². The van der Waals surface area contributed by atoms with Gasteiger partial charge in [0.15, 0.2) is 0 Å².